The molecule has 1 amide bonds. The zero-order valence-corrected chi connectivity index (χ0v) is 20.3. The van der Waals surface area contributed by atoms with Gasteiger partial charge >= 0.3 is 0 Å². The monoisotopic (exact) mass is 488 g/mol. The highest BCUT2D eigenvalue weighted by molar-refractivity contribution is 7.93. The predicted molar refractivity (Wildman–Crippen MR) is 130 cm³/mol. The lowest BCUT2D eigenvalue weighted by molar-refractivity contribution is -0.114. The molecule has 0 fully saturated rings. The number of anilines is 2. The van der Waals surface area contributed by atoms with E-state index in [1.54, 1.807) is 55.5 Å². The van der Waals surface area contributed by atoms with Crippen LogP contribution in [0, 0.1) is 13.8 Å². The van der Waals surface area contributed by atoms with Crippen LogP contribution in [0.1, 0.15) is 11.1 Å². The molecule has 33 heavy (non-hydrogen) atoms. The number of rotatable bonds is 8. The van der Waals surface area contributed by atoms with E-state index in [1.165, 1.54) is 26.4 Å². The molecule has 0 aromatic heterocycles. The highest BCUT2D eigenvalue weighted by Gasteiger charge is 2.30. The number of carbonyl (C=O) groups excluding carboxylic acids is 1. The van der Waals surface area contributed by atoms with Gasteiger partial charge in [-0.2, -0.15) is 0 Å². The maximum absolute atomic E-state index is 13.7. The van der Waals surface area contributed by atoms with Crippen LogP contribution in [0.25, 0.3) is 0 Å². The number of carbonyl (C=O) groups is 1. The van der Waals surface area contributed by atoms with Gasteiger partial charge in [0.25, 0.3) is 10.0 Å². The summed E-state index contributed by atoms with van der Waals surface area (Å²) in [4.78, 5) is 13.0. The molecule has 3 rings (SSSR count). The lowest BCUT2D eigenvalue weighted by Crippen LogP contribution is -2.38. The molecule has 174 valence electrons. The van der Waals surface area contributed by atoms with Crippen molar-refractivity contribution in [1.29, 1.82) is 0 Å². The van der Waals surface area contributed by atoms with Crippen molar-refractivity contribution < 1.29 is 22.7 Å². The van der Waals surface area contributed by atoms with Gasteiger partial charge in [-0.05, 0) is 61.9 Å². The van der Waals surface area contributed by atoms with Gasteiger partial charge in [0.15, 0.2) is 0 Å². The smallest absolute Gasteiger partial charge is 0.268 e. The van der Waals surface area contributed by atoms with E-state index in [4.69, 9.17) is 21.1 Å². The number of nitrogens with one attached hydrogen (secondary N) is 1. The van der Waals surface area contributed by atoms with Crippen molar-refractivity contribution >= 4 is 38.9 Å². The Bertz CT molecular complexity index is 1260. The number of ether oxygens (including phenoxy) is 2. The summed E-state index contributed by atoms with van der Waals surface area (Å²) in [6, 6.07) is 16.5. The molecule has 0 aliphatic carbocycles. The van der Waals surface area contributed by atoms with E-state index in [1.807, 2.05) is 6.92 Å². The molecule has 0 saturated carbocycles. The first-order valence-corrected chi connectivity index (χ1v) is 11.8. The van der Waals surface area contributed by atoms with Crippen molar-refractivity contribution in [2.45, 2.75) is 18.7 Å². The van der Waals surface area contributed by atoms with Crippen LogP contribution in [-0.4, -0.2) is 35.1 Å². The van der Waals surface area contributed by atoms with E-state index in [9.17, 15) is 13.2 Å². The number of hydrogen-bond acceptors (Lipinski definition) is 5. The van der Waals surface area contributed by atoms with E-state index < -0.39 is 22.5 Å². The molecule has 3 aromatic rings. The third kappa shape index (κ3) is 5.58. The largest absolute Gasteiger partial charge is 0.495 e. The molecule has 9 heteroatoms. The van der Waals surface area contributed by atoms with E-state index >= 15 is 0 Å². The number of sulfonamides is 1. The number of halogens is 1. The zero-order chi connectivity index (χ0) is 24.2. The lowest BCUT2D eigenvalue weighted by atomic mass is 10.2. The van der Waals surface area contributed by atoms with Crippen LogP contribution in [0.15, 0.2) is 65.6 Å². The fourth-order valence-corrected chi connectivity index (χ4v) is 5.06. The number of benzene rings is 3. The Hall–Kier alpha value is -3.23. The van der Waals surface area contributed by atoms with Gasteiger partial charge in [-0.15, -0.1) is 0 Å². The first kappa shape index (κ1) is 24.4. The van der Waals surface area contributed by atoms with Gasteiger partial charge < -0.3 is 14.8 Å². The van der Waals surface area contributed by atoms with Gasteiger partial charge in [-0.3, -0.25) is 9.10 Å². The van der Waals surface area contributed by atoms with Crippen LogP contribution in [-0.2, 0) is 14.8 Å². The van der Waals surface area contributed by atoms with Crippen LogP contribution in [0.2, 0.25) is 5.02 Å². The molecule has 0 unspecified atom stereocenters. The number of amides is 1. The Kier molecular flexibility index (Phi) is 7.50. The standard InChI is InChI=1S/C24H25ClN2O5S/c1-16-5-9-19(10-6-16)27(33(29,30)23-13-17(2)7-11-22(23)32-4)15-24(28)26-20-14-18(25)8-12-21(20)31-3/h5-14H,15H2,1-4H3,(H,26,28). The van der Waals surface area contributed by atoms with E-state index in [2.05, 4.69) is 5.32 Å². The SMILES string of the molecule is COc1ccc(Cl)cc1NC(=O)CN(c1ccc(C)cc1)S(=O)(=O)c1cc(C)ccc1OC. The molecular weight excluding hydrogens is 464 g/mol. The molecule has 0 spiro atoms. The summed E-state index contributed by atoms with van der Waals surface area (Å²) in [6.45, 7) is 3.20. The third-order valence-electron chi connectivity index (χ3n) is 4.93. The zero-order valence-electron chi connectivity index (χ0n) is 18.8. The van der Waals surface area contributed by atoms with Gasteiger partial charge in [0.1, 0.15) is 22.9 Å². The van der Waals surface area contributed by atoms with E-state index in [0.717, 1.165) is 15.4 Å². The number of methoxy groups -OCH3 is 2. The van der Waals surface area contributed by atoms with Gasteiger partial charge in [-0.1, -0.05) is 35.4 Å². The Morgan fingerprint density at radius 3 is 2.15 bits per heavy atom. The van der Waals surface area contributed by atoms with Crippen LogP contribution in [0.3, 0.4) is 0 Å². The number of aryl methyl sites for hydroxylation is 2. The summed E-state index contributed by atoms with van der Waals surface area (Å²) >= 11 is 6.05. The summed E-state index contributed by atoms with van der Waals surface area (Å²) < 4.78 is 39.1. The molecule has 0 aliphatic rings. The molecule has 0 saturated heterocycles. The minimum atomic E-state index is -4.15. The molecule has 3 aromatic carbocycles. The second-order valence-electron chi connectivity index (χ2n) is 7.39. The average molecular weight is 489 g/mol. The summed E-state index contributed by atoms with van der Waals surface area (Å²) in [5, 5.41) is 3.09. The van der Waals surface area contributed by atoms with Crippen molar-refractivity contribution in [3.63, 3.8) is 0 Å². The third-order valence-corrected chi connectivity index (χ3v) is 6.96. The minimum absolute atomic E-state index is 0.0290. The van der Waals surface area contributed by atoms with Gasteiger partial charge in [0.05, 0.1) is 25.6 Å². The predicted octanol–water partition coefficient (Wildman–Crippen LogP) is 4.81. The Morgan fingerprint density at radius 2 is 1.52 bits per heavy atom. The van der Waals surface area contributed by atoms with E-state index in [-0.39, 0.29) is 10.6 Å². The Balaban J connectivity index is 2.03. The van der Waals surface area contributed by atoms with Crippen LogP contribution >= 0.6 is 11.6 Å². The summed E-state index contributed by atoms with van der Waals surface area (Å²) in [6.07, 6.45) is 0. The van der Waals surface area contributed by atoms with Gasteiger partial charge in [-0.25, -0.2) is 8.42 Å². The average Bonchev–Trinajstić information content (AvgIpc) is 2.78. The van der Waals surface area contributed by atoms with Crippen molar-refractivity contribution in [3.05, 3.63) is 76.8 Å². The normalized spacial score (nSPS) is 11.1. The van der Waals surface area contributed by atoms with Crippen LogP contribution < -0.4 is 19.1 Å². The molecule has 7 nitrogen and oxygen atoms in total. The van der Waals surface area contributed by atoms with Gasteiger partial charge in [0.2, 0.25) is 5.91 Å². The van der Waals surface area contributed by atoms with Crippen molar-refractivity contribution in [3.8, 4) is 11.5 Å². The summed E-state index contributed by atoms with van der Waals surface area (Å²) in [5.41, 5.74) is 2.38. The number of hydrogen-bond donors (Lipinski definition) is 1. The fourth-order valence-electron chi connectivity index (χ4n) is 3.23. The minimum Gasteiger partial charge on any atom is -0.495 e. The highest BCUT2D eigenvalue weighted by Crippen LogP contribution is 2.32. The summed E-state index contributed by atoms with van der Waals surface area (Å²) in [7, 11) is -1.29. The molecule has 0 radical (unpaired) electrons. The molecular formula is C24H25ClN2O5S. The fraction of sp³-hybridized carbons (Fsp3) is 0.208. The molecule has 0 heterocycles. The van der Waals surface area contributed by atoms with Crippen LogP contribution in [0.5, 0.6) is 11.5 Å². The maximum Gasteiger partial charge on any atom is 0.268 e. The highest BCUT2D eigenvalue weighted by atomic mass is 35.5. The number of nitrogens with zero attached hydrogens (tertiary/aromatic N) is 1. The molecule has 1 N–H and O–H groups in total. The van der Waals surface area contributed by atoms with Crippen LogP contribution in [0.4, 0.5) is 11.4 Å². The van der Waals surface area contributed by atoms with Crippen molar-refractivity contribution in [1.82, 2.24) is 0 Å². The Morgan fingerprint density at radius 1 is 0.909 bits per heavy atom. The second kappa shape index (κ2) is 10.1. The van der Waals surface area contributed by atoms with E-state index in [0.29, 0.717) is 22.1 Å². The Labute approximate surface area is 198 Å². The lowest BCUT2D eigenvalue weighted by Gasteiger charge is -2.25. The molecule has 0 atom stereocenters. The topological polar surface area (TPSA) is 84.9 Å². The summed E-state index contributed by atoms with van der Waals surface area (Å²) in [5.74, 6) is 0.0267. The quantitative estimate of drug-likeness (QED) is 0.492. The maximum atomic E-state index is 13.7. The first-order valence-electron chi connectivity index (χ1n) is 10.0. The second-order valence-corrected chi connectivity index (χ2v) is 9.66. The van der Waals surface area contributed by atoms with Crippen molar-refractivity contribution in [2.75, 3.05) is 30.4 Å². The molecule has 0 bridgehead atoms. The molecule has 0 aliphatic heterocycles. The first-order chi connectivity index (χ1) is 15.6. The van der Waals surface area contributed by atoms with Gasteiger partial charge in [0, 0.05) is 5.02 Å². The van der Waals surface area contributed by atoms with Crippen molar-refractivity contribution in [2.24, 2.45) is 0 Å².